The lowest BCUT2D eigenvalue weighted by atomic mass is 10.1. The highest BCUT2D eigenvalue weighted by Gasteiger charge is 2.08. The molecule has 0 fully saturated rings. The molecule has 0 amide bonds. The Hall–Kier alpha value is -3.45. The van der Waals surface area contributed by atoms with Gasteiger partial charge in [-0.3, -0.25) is 4.98 Å². The number of anilines is 1. The number of rotatable bonds is 5. The van der Waals surface area contributed by atoms with E-state index in [0.29, 0.717) is 11.7 Å². The van der Waals surface area contributed by atoms with Gasteiger partial charge in [0.25, 0.3) is 0 Å². The number of aromatic nitrogens is 3. The number of hydrogen-bond acceptors (Lipinski definition) is 4. The Labute approximate surface area is 174 Å². The predicted octanol–water partition coefficient (Wildman–Crippen LogP) is 4.22. The van der Waals surface area contributed by atoms with Crippen molar-refractivity contribution in [3.05, 3.63) is 78.5 Å². The highest BCUT2D eigenvalue weighted by atomic mass is 32.1. The summed E-state index contributed by atoms with van der Waals surface area (Å²) in [4.78, 5) is 8.67. The highest BCUT2D eigenvalue weighted by Crippen LogP contribution is 2.29. The molecule has 0 spiro atoms. The summed E-state index contributed by atoms with van der Waals surface area (Å²) in [5.74, 6) is 1.70. The molecule has 7 heteroatoms. The van der Waals surface area contributed by atoms with Gasteiger partial charge in [-0.15, -0.1) is 0 Å². The van der Waals surface area contributed by atoms with Crippen molar-refractivity contribution >= 4 is 33.9 Å². The van der Waals surface area contributed by atoms with Gasteiger partial charge in [0.05, 0.1) is 7.11 Å². The van der Waals surface area contributed by atoms with Crippen LogP contribution >= 0.6 is 12.2 Å². The number of nitrogens with zero attached hydrogens (tertiary/aromatic N) is 3. The van der Waals surface area contributed by atoms with E-state index in [2.05, 4.69) is 44.9 Å². The Bertz CT molecular complexity index is 1150. The molecular formula is C22H21N5OS. The molecule has 29 heavy (non-hydrogen) atoms. The van der Waals surface area contributed by atoms with Gasteiger partial charge in [-0.2, -0.15) is 0 Å². The first-order valence-corrected chi connectivity index (χ1v) is 9.62. The van der Waals surface area contributed by atoms with Crippen molar-refractivity contribution in [3.63, 3.8) is 0 Å². The Morgan fingerprint density at radius 3 is 2.62 bits per heavy atom. The van der Waals surface area contributed by atoms with E-state index >= 15 is 0 Å². The van der Waals surface area contributed by atoms with Crippen molar-refractivity contribution in [3.8, 4) is 11.4 Å². The number of methoxy groups -OCH3 is 1. The molecular weight excluding hydrogens is 382 g/mol. The molecule has 0 bridgehead atoms. The molecule has 0 saturated heterocycles. The van der Waals surface area contributed by atoms with E-state index in [1.165, 1.54) is 0 Å². The number of ether oxygens (including phenoxy) is 1. The Balaban J connectivity index is 1.42. The number of fused-ring (bicyclic) bond motifs is 1. The molecule has 0 unspecified atom stereocenters. The first kappa shape index (κ1) is 18.9. The third kappa shape index (κ3) is 4.05. The van der Waals surface area contributed by atoms with Gasteiger partial charge in [-0.05, 0) is 61.1 Å². The van der Waals surface area contributed by atoms with E-state index in [4.69, 9.17) is 17.0 Å². The summed E-state index contributed by atoms with van der Waals surface area (Å²) in [7, 11) is 1.64. The van der Waals surface area contributed by atoms with Crippen molar-refractivity contribution in [2.24, 2.45) is 0 Å². The van der Waals surface area contributed by atoms with Gasteiger partial charge < -0.3 is 19.9 Å². The first-order chi connectivity index (χ1) is 14.2. The van der Waals surface area contributed by atoms with Gasteiger partial charge in [0, 0.05) is 41.9 Å². The molecule has 2 N–H and O–H groups in total. The standard InChI is InChI=1S/C22H21N5OS/c1-15-23-12-13-27(15)17-7-5-16(6-8-17)14-25-22(29)26-19-9-10-20(28-2)21-18(19)4-3-11-24-21/h3-13H,14H2,1-2H3,(H2,25,26,29). The zero-order valence-corrected chi connectivity index (χ0v) is 17.0. The van der Waals surface area contributed by atoms with Gasteiger partial charge in [-0.1, -0.05) is 12.1 Å². The fraction of sp³-hybridized carbons (Fsp3) is 0.136. The molecule has 2 aromatic heterocycles. The van der Waals surface area contributed by atoms with E-state index in [1.54, 1.807) is 19.5 Å². The Morgan fingerprint density at radius 1 is 1.07 bits per heavy atom. The SMILES string of the molecule is COc1ccc(NC(=S)NCc2ccc(-n3ccnc3C)cc2)c2cccnc12. The molecule has 146 valence electrons. The van der Waals surface area contributed by atoms with E-state index in [9.17, 15) is 0 Å². The lowest BCUT2D eigenvalue weighted by Crippen LogP contribution is -2.28. The van der Waals surface area contributed by atoms with Gasteiger partial charge in [0.1, 0.15) is 17.1 Å². The van der Waals surface area contributed by atoms with Crippen molar-refractivity contribution < 1.29 is 4.74 Å². The monoisotopic (exact) mass is 403 g/mol. The fourth-order valence-corrected chi connectivity index (χ4v) is 3.38. The lowest BCUT2D eigenvalue weighted by Gasteiger charge is -2.14. The van der Waals surface area contributed by atoms with E-state index in [1.807, 2.05) is 42.0 Å². The number of imidazole rings is 1. The number of benzene rings is 2. The van der Waals surface area contributed by atoms with E-state index in [-0.39, 0.29) is 0 Å². The fourth-order valence-electron chi connectivity index (χ4n) is 3.19. The van der Waals surface area contributed by atoms with Crippen LogP contribution in [0.2, 0.25) is 0 Å². The molecule has 4 rings (SSSR count). The first-order valence-electron chi connectivity index (χ1n) is 9.21. The molecule has 0 saturated carbocycles. The van der Waals surface area contributed by atoms with Crippen molar-refractivity contribution in [2.45, 2.75) is 13.5 Å². The summed E-state index contributed by atoms with van der Waals surface area (Å²) >= 11 is 5.48. The van der Waals surface area contributed by atoms with Crippen molar-refractivity contribution in [2.75, 3.05) is 12.4 Å². The van der Waals surface area contributed by atoms with Gasteiger partial charge in [-0.25, -0.2) is 4.98 Å². The van der Waals surface area contributed by atoms with Crippen LogP contribution in [0.3, 0.4) is 0 Å². The molecule has 0 radical (unpaired) electrons. The number of pyridine rings is 1. The summed E-state index contributed by atoms with van der Waals surface area (Å²) in [6.45, 7) is 2.61. The second-order valence-electron chi connectivity index (χ2n) is 6.53. The smallest absolute Gasteiger partial charge is 0.171 e. The second kappa shape index (κ2) is 8.28. The van der Waals surface area contributed by atoms with E-state index < -0.39 is 0 Å². The van der Waals surface area contributed by atoms with Gasteiger partial charge in [0.2, 0.25) is 0 Å². The van der Waals surface area contributed by atoms with Gasteiger partial charge >= 0.3 is 0 Å². The molecule has 0 aliphatic carbocycles. The summed E-state index contributed by atoms with van der Waals surface area (Å²) in [5.41, 5.74) is 3.91. The van der Waals surface area contributed by atoms with Crippen molar-refractivity contribution in [1.29, 1.82) is 0 Å². The maximum atomic E-state index is 5.48. The van der Waals surface area contributed by atoms with Crippen molar-refractivity contribution in [1.82, 2.24) is 19.9 Å². The van der Waals surface area contributed by atoms with E-state index in [0.717, 1.165) is 39.4 Å². The summed E-state index contributed by atoms with van der Waals surface area (Å²) in [6.07, 6.45) is 5.50. The maximum absolute atomic E-state index is 5.48. The maximum Gasteiger partial charge on any atom is 0.171 e. The summed E-state index contributed by atoms with van der Waals surface area (Å²) < 4.78 is 7.44. The van der Waals surface area contributed by atoms with Crippen LogP contribution in [-0.2, 0) is 6.54 Å². The zero-order valence-electron chi connectivity index (χ0n) is 16.2. The quantitative estimate of drug-likeness (QED) is 0.487. The molecule has 4 aromatic rings. The minimum absolute atomic E-state index is 0.551. The highest BCUT2D eigenvalue weighted by molar-refractivity contribution is 7.80. The topological polar surface area (TPSA) is 64.0 Å². The normalized spacial score (nSPS) is 10.7. The summed E-state index contributed by atoms with van der Waals surface area (Å²) in [5, 5.41) is 8.02. The second-order valence-corrected chi connectivity index (χ2v) is 6.94. The minimum atomic E-state index is 0.551. The molecule has 2 aromatic carbocycles. The van der Waals surface area contributed by atoms with Crippen LogP contribution in [0.4, 0.5) is 5.69 Å². The average molecular weight is 404 g/mol. The molecule has 6 nitrogen and oxygen atoms in total. The molecule has 0 aliphatic heterocycles. The molecule has 0 aliphatic rings. The Morgan fingerprint density at radius 2 is 1.90 bits per heavy atom. The third-order valence-corrected chi connectivity index (χ3v) is 4.94. The largest absolute Gasteiger partial charge is 0.494 e. The van der Waals surface area contributed by atoms with Crippen LogP contribution in [0.5, 0.6) is 5.75 Å². The van der Waals surface area contributed by atoms with Crippen LogP contribution in [0, 0.1) is 6.92 Å². The number of nitrogens with one attached hydrogen (secondary N) is 2. The number of thiocarbonyl (C=S) groups is 1. The predicted molar refractivity (Wildman–Crippen MR) is 120 cm³/mol. The minimum Gasteiger partial charge on any atom is -0.494 e. The van der Waals surface area contributed by atoms with Crippen LogP contribution < -0.4 is 15.4 Å². The van der Waals surface area contributed by atoms with Crippen LogP contribution in [-0.4, -0.2) is 26.8 Å². The third-order valence-electron chi connectivity index (χ3n) is 4.69. The summed E-state index contributed by atoms with van der Waals surface area (Å²) in [6, 6.07) is 16.0. The van der Waals surface area contributed by atoms with Gasteiger partial charge in [0.15, 0.2) is 5.11 Å². The molecule has 2 heterocycles. The molecule has 0 atom stereocenters. The number of hydrogen-bond donors (Lipinski definition) is 2. The Kier molecular flexibility index (Phi) is 5.39. The van der Waals surface area contributed by atoms with Crippen LogP contribution in [0.1, 0.15) is 11.4 Å². The average Bonchev–Trinajstić information content (AvgIpc) is 3.19. The lowest BCUT2D eigenvalue weighted by molar-refractivity contribution is 0.419. The van der Waals surface area contributed by atoms with Crippen LogP contribution in [0.25, 0.3) is 16.6 Å². The zero-order chi connectivity index (χ0) is 20.2. The van der Waals surface area contributed by atoms with Crippen LogP contribution in [0.15, 0.2) is 67.1 Å². The number of aryl methyl sites for hydroxylation is 1.